The Kier molecular flexibility index (Phi) is 5.46. The van der Waals surface area contributed by atoms with E-state index in [0.717, 1.165) is 32.5 Å². The van der Waals surface area contributed by atoms with Crippen LogP contribution in [-0.4, -0.2) is 35.5 Å². The highest BCUT2D eigenvalue weighted by molar-refractivity contribution is 5.78. The Bertz CT molecular complexity index is 516. The molecule has 1 aliphatic heterocycles. The van der Waals surface area contributed by atoms with Gasteiger partial charge in [-0.2, -0.15) is 0 Å². The number of nitrogens with one attached hydrogen (secondary N) is 1. The number of rotatable bonds is 4. The predicted molar refractivity (Wildman–Crippen MR) is 94.0 cm³/mol. The maximum Gasteiger partial charge on any atom is 0.189 e. The minimum Gasteiger partial charge on any atom is -0.370 e. The molecule has 0 amide bonds. The van der Waals surface area contributed by atoms with E-state index in [-0.39, 0.29) is 5.54 Å². The van der Waals surface area contributed by atoms with Crippen molar-refractivity contribution in [2.45, 2.75) is 58.7 Å². The van der Waals surface area contributed by atoms with Crippen LogP contribution in [0.3, 0.4) is 0 Å². The minimum absolute atomic E-state index is 0.0423. The van der Waals surface area contributed by atoms with E-state index in [1.165, 1.54) is 11.1 Å². The molecule has 0 bridgehead atoms. The first-order valence-electron chi connectivity index (χ1n) is 8.28. The highest BCUT2D eigenvalue weighted by Gasteiger charge is 2.22. The van der Waals surface area contributed by atoms with E-state index < -0.39 is 0 Å². The molecule has 0 saturated carbocycles. The molecule has 0 saturated heterocycles. The van der Waals surface area contributed by atoms with Gasteiger partial charge in [0, 0.05) is 24.7 Å². The average Bonchev–Trinajstić information content (AvgIpc) is 2.46. The van der Waals surface area contributed by atoms with E-state index in [1.807, 2.05) is 0 Å². The van der Waals surface area contributed by atoms with Gasteiger partial charge in [0.25, 0.3) is 0 Å². The third kappa shape index (κ3) is 4.73. The third-order valence-corrected chi connectivity index (χ3v) is 4.12. The van der Waals surface area contributed by atoms with Crippen LogP contribution in [-0.2, 0) is 13.0 Å². The Morgan fingerprint density at radius 3 is 2.64 bits per heavy atom. The summed E-state index contributed by atoms with van der Waals surface area (Å²) in [5, 5.41) is 3.23. The van der Waals surface area contributed by atoms with Gasteiger partial charge in [0.15, 0.2) is 5.96 Å². The number of hydrogen-bond acceptors (Lipinski definition) is 2. The number of hydrogen-bond donors (Lipinski definition) is 2. The molecule has 4 heteroatoms. The van der Waals surface area contributed by atoms with Crippen LogP contribution in [0.1, 0.15) is 45.2 Å². The van der Waals surface area contributed by atoms with Gasteiger partial charge in [-0.1, -0.05) is 31.2 Å². The zero-order chi connectivity index (χ0) is 16.2. The summed E-state index contributed by atoms with van der Waals surface area (Å²) in [4.78, 5) is 7.09. The molecule has 1 atom stereocenters. The second-order valence-corrected chi connectivity index (χ2v) is 7.15. The molecule has 0 spiro atoms. The Balaban J connectivity index is 1.97. The highest BCUT2D eigenvalue weighted by Crippen LogP contribution is 2.21. The molecule has 0 aromatic heterocycles. The summed E-state index contributed by atoms with van der Waals surface area (Å²) in [7, 11) is 0. The van der Waals surface area contributed by atoms with Crippen molar-refractivity contribution in [2.75, 3.05) is 13.1 Å². The van der Waals surface area contributed by atoms with Crippen LogP contribution in [0.15, 0.2) is 29.3 Å². The Hall–Kier alpha value is -1.55. The molecule has 1 unspecified atom stereocenters. The number of nitrogens with zero attached hydrogens (tertiary/aromatic N) is 2. The van der Waals surface area contributed by atoms with Gasteiger partial charge in [0.2, 0.25) is 0 Å². The fourth-order valence-corrected chi connectivity index (χ4v) is 2.96. The fourth-order valence-electron chi connectivity index (χ4n) is 2.96. The molecular weight excluding hydrogens is 272 g/mol. The van der Waals surface area contributed by atoms with Crippen LogP contribution in [0, 0.1) is 0 Å². The zero-order valence-corrected chi connectivity index (χ0v) is 14.4. The summed E-state index contributed by atoms with van der Waals surface area (Å²) < 4.78 is 0. The summed E-state index contributed by atoms with van der Waals surface area (Å²) in [6.45, 7) is 11.4. The van der Waals surface area contributed by atoms with Gasteiger partial charge in [-0.05, 0) is 44.7 Å². The van der Waals surface area contributed by atoms with Gasteiger partial charge in [0.1, 0.15) is 0 Å². The topological polar surface area (TPSA) is 53.6 Å². The van der Waals surface area contributed by atoms with E-state index >= 15 is 0 Å². The largest absolute Gasteiger partial charge is 0.370 e. The van der Waals surface area contributed by atoms with Gasteiger partial charge in [-0.15, -0.1) is 0 Å². The lowest BCUT2D eigenvalue weighted by Gasteiger charge is -2.34. The lowest BCUT2D eigenvalue weighted by molar-refractivity contribution is 0.178. The van der Waals surface area contributed by atoms with Gasteiger partial charge >= 0.3 is 0 Å². The van der Waals surface area contributed by atoms with Gasteiger partial charge in [-0.3, -0.25) is 9.89 Å². The van der Waals surface area contributed by atoms with Gasteiger partial charge in [0.05, 0.1) is 6.54 Å². The van der Waals surface area contributed by atoms with Crippen LogP contribution in [0.4, 0.5) is 0 Å². The third-order valence-electron chi connectivity index (χ3n) is 4.12. The molecule has 2 rings (SSSR count). The minimum atomic E-state index is -0.0423. The van der Waals surface area contributed by atoms with E-state index in [1.54, 1.807) is 0 Å². The van der Waals surface area contributed by atoms with Gasteiger partial charge < -0.3 is 11.1 Å². The average molecular weight is 302 g/mol. The lowest BCUT2D eigenvalue weighted by Crippen LogP contribution is -2.46. The lowest BCUT2D eigenvalue weighted by atomic mass is 9.98. The molecular formula is C18H30N4. The van der Waals surface area contributed by atoms with E-state index in [0.29, 0.717) is 12.0 Å². The van der Waals surface area contributed by atoms with Crippen LogP contribution in [0.5, 0.6) is 0 Å². The quantitative estimate of drug-likeness (QED) is 0.664. The summed E-state index contributed by atoms with van der Waals surface area (Å²) in [5.41, 5.74) is 8.89. The summed E-state index contributed by atoms with van der Waals surface area (Å²) in [6.07, 6.45) is 2.22. The van der Waals surface area contributed by atoms with Crippen molar-refractivity contribution in [1.82, 2.24) is 10.2 Å². The standard InChI is InChI=1S/C18H30N4/c1-5-16(12-20-17(19)21-18(2,3)4)22-11-10-14-8-6-7-9-15(14)13-22/h6-9,16H,5,10-13H2,1-4H3,(H3,19,20,21). The first-order chi connectivity index (χ1) is 10.4. The zero-order valence-electron chi connectivity index (χ0n) is 14.4. The molecule has 1 aromatic rings. The predicted octanol–water partition coefficient (Wildman–Crippen LogP) is 2.53. The SMILES string of the molecule is CCC(CN=C(N)NC(C)(C)C)N1CCc2ccccc2C1. The van der Waals surface area contributed by atoms with Gasteiger partial charge in [-0.25, -0.2) is 0 Å². The van der Waals surface area contributed by atoms with Crippen molar-refractivity contribution in [2.24, 2.45) is 10.7 Å². The van der Waals surface area contributed by atoms with E-state index in [2.05, 4.69) is 67.2 Å². The van der Waals surface area contributed by atoms with Crippen LogP contribution in [0.2, 0.25) is 0 Å². The maximum atomic E-state index is 5.99. The number of nitrogens with two attached hydrogens (primary N) is 1. The Morgan fingerprint density at radius 1 is 1.32 bits per heavy atom. The van der Waals surface area contributed by atoms with Crippen molar-refractivity contribution in [1.29, 1.82) is 0 Å². The molecule has 1 heterocycles. The number of benzene rings is 1. The van der Waals surface area contributed by atoms with Crippen LogP contribution < -0.4 is 11.1 Å². The second kappa shape index (κ2) is 7.14. The van der Waals surface area contributed by atoms with Crippen molar-refractivity contribution in [3.63, 3.8) is 0 Å². The second-order valence-electron chi connectivity index (χ2n) is 7.15. The number of aliphatic imine (C=N–C) groups is 1. The summed E-state index contributed by atoms with van der Waals surface area (Å²) >= 11 is 0. The molecule has 122 valence electrons. The molecule has 3 N–H and O–H groups in total. The molecule has 1 aliphatic rings. The van der Waals surface area contributed by atoms with Crippen molar-refractivity contribution in [3.05, 3.63) is 35.4 Å². The van der Waals surface area contributed by atoms with Crippen LogP contribution >= 0.6 is 0 Å². The number of guanidine groups is 1. The molecule has 4 nitrogen and oxygen atoms in total. The van der Waals surface area contributed by atoms with Crippen molar-refractivity contribution in [3.8, 4) is 0 Å². The number of fused-ring (bicyclic) bond motifs is 1. The normalized spacial score (nSPS) is 17.9. The Morgan fingerprint density at radius 2 is 2.00 bits per heavy atom. The summed E-state index contributed by atoms with van der Waals surface area (Å²) in [6, 6.07) is 9.21. The maximum absolute atomic E-state index is 5.99. The van der Waals surface area contributed by atoms with E-state index in [4.69, 9.17) is 5.73 Å². The molecule has 0 aliphatic carbocycles. The van der Waals surface area contributed by atoms with Crippen LogP contribution in [0.25, 0.3) is 0 Å². The molecule has 1 aromatic carbocycles. The highest BCUT2D eigenvalue weighted by atomic mass is 15.2. The van der Waals surface area contributed by atoms with Crippen molar-refractivity contribution < 1.29 is 0 Å². The monoisotopic (exact) mass is 302 g/mol. The molecule has 0 fully saturated rings. The smallest absolute Gasteiger partial charge is 0.189 e. The molecule has 22 heavy (non-hydrogen) atoms. The van der Waals surface area contributed by atoms with E-state index in [9.17, 15) is 0 Å². The first kappa shape index (κ1) is 16.8. The fraction of sp³-hybridized carbons (Fsp3) is 0.611. The molecule has 0 radical (unpaired) electrons. The Labute approximate surface area is 134 Å². The van der Waals surface area contributed by atoms with Crippen molar-refractivity contribution >= 4 is 5.96 Å². The summed E-state index contributed by atoms with van der Waals surface area (Å²) in [5.74, 6) is 0.545. The first-order valence-corrected chi connectivity index (χ1v) is 8.28.